The zero-order chi connectivity index (χ0) is 18.4. The molecule has 2 fully saturated rings. The van der Waals surface area contributed by atoms with Gasteiger partial charge in [-0.3, -0.25) is 9.59 Å². The van der Waals surface area contributed by atoms with Crippen molar-refractivity contribution in [1.82, 2.24) is 15.1 Å². The molecule has 2 heterocycles. The van der Waals surface area contributed by atoms with E-state index in [-0.39, 0.29) is 17.9 Å². The minimum atomic E-state index is -0.0331. The predicted octanol–water partition coefficient (Wildman–Crippen LogP) is 0.320. The molecule has 2 aliphatic rings. The molecule has 2 amide bonds. The van der Waals surface area contributed by atoms with Crippen LogP contribution in [0.25, 0.3) is 0 Å². The second-order valence-electron chi connectivity index (χ2n) is 7.04. The third-order valence-corrected chi connectivity index (χ3v) is 4.88. The average molecular weight is 360 g/mol. The maximum atomic E-state index is 12.4. The first-order chi connectivity index (χ1) is 12.6. The summed E-state index contributed by atoms with van der Waals surface area (Å²) in [6, 6.07) is 7.60. The normalized spacial score (nSPS) is 21.4. The van der Waals surface area contributed by atoms with Gasteiger partial charge in [0, 0.05) is 50.9 Å². The summed E-state index contributed by atoms with van der Waals surface area (Å²) in [6.07, 6.45) is 0.797. The van der Waals surface area contributed by atoms with Gasteiger partial charge in [-0.25, -0.2) is 0 Å². The van der Waals surface area contributed by atoms with Crippen LogP contribution in [0.15, 0.2) is 24.3 Å². The molecule has 3 rings (SSSR count). The summed E-state index contributed by atoms with van der Waals surface area (Å²) in [5, 5.41) is 6.17. The van der Waals surface area contributed by atoms with Gasteiger partial charge in [-0.05, 0) is 24.7 Å². The van der Waals surface area contributed by atoms with Crippen molar-refractivity contribution in [2.24, 2.45) is 0 Å². The summed E-state index contributed by atoms with van der Waals surface area (Å²) >= 11 is 0. The summed E-state index contributed by atoms with van der Waals surface area (Å²) in [6.45, 7) is 5.50. The van der Waals surface area contributed by atoms with Gasteiger partial charge >= 0.3 is 0 Å². The first kappa shape index (κ1) is 18.8. The minimum absolute atomic E-state index is 0.0331. The Morgan fingerprint density at radius 3 is 2.58 bits per heavy atom. The molecule has 2 N–H and O–H groups in total. The van der Waals surface area contributed by atoms with E-state index in [1.165, 1.54) is 0 Å². The fourth-order valence-electron chi connectivity index (χ4n) is 3.23. The standard InChI is InChI=1S/C19H28N4O3/c1-22-7-9-23(10-8-22)19(25)12-15-2-4-16(5-3-15)21-18(24)13-17-14-26-11-6-20-17/h2-5,17,20H,6-14H2,1H3,(H,21,24). The SMILES string of the molecule is CN1CCN(C(=O)Cc2ccc(NC(=O)CC3COCCN3)cc2)CC1. The van der Waals surface area contributed by atoms with Gasteiger partial charge in [-0.1, -0.05) is 12.1 Å². The van der Waals surface area contributed by atoms with Crippen molar-refractivity contribution in [2.45, 2.75) is 18.9 Å². The molecule has 0 saturated carbocycles. The van der Waals surface area contributed by atoms with E-state index in [0.29, 0.717) is 26.1 Å². The number of benzene rings is 1. The van der Waals surface area contributed by atoms with Crippen molar-refractivity contribution < 1.29 is 14.3 Å². The minimum Gasteiger partial charge on any atom is -0.378 e. The van der Waals surface area contributed by atoms with Gasteiger partial charge in [-0.2, -0.15) is 0 Å². The smallest absolute Gasteiger partial charge is 0.227 e. The molecule has 0 bridgehead atoms. The van der Waals surface area contributed by atoms with Crippen LogP contribution in [-0.2, 0) is 20.7 Å². The van der Waals surface area contributed by atoms with Crippen LogP contribution in [0.4, 0.5) is 5.69 Å². The molecular weight excluding hydrogens is 332 g/mol. The van der Waals surface area contributed by atoms with Crippen LogP contribution in [0.3, 0.4) is 0 Å². The van der Waals surface area contributed by atoms with Crippen molar-refractivity contribution in [2.75, 3.05) is 58.3 Å². The molecule has 0 aromatic heterocycles. The molecule has 1 aromatic carbocycles. The van der Waals surface area contributed by atoms with Gasteiger partial charge in [0.2, 0.25) is 11.8 Å². The molecule has 0 spiro atoms. The molecule has 7 nitrogen and oxygen atoms in total. The first-order valence-electron chi connectivity index (χ1n) is 9.26. The number of morpholine rings is 1. The van der Waals surface area contributed by atoms with Crippen LogP contribution in [0.1, 0.15) is 12.0 Å². The highest BCUT2D eigenvalue weighted by Crippen LogP contribution is 2.13. The van der Waals surface area contributed by atoms with Gasteiger partial charge in [-0.15, -0.1) is 0 Å². The largest absolute Gasteiger partial charge is 0.378 e. The topological polar surface area (TPSA) is 73.9 Å². The first-order valence-corrected chi connectivity index (χ1v) is 9.26. The zero-order valence-electron chi connectivity index (χ0n) is 15.4. The van der Waals surface area contributed by atoms with E-state index in [2.05, 4.69) is 22.6 Å². The van der Waals surface area contributed by atoms with Crippen molar-refractivity contribution in [3.63, 3.8) is 0 Å². The summed E-state index contributed by atoms with van der Waals surface area (Å²) in [4.78, 5) is 28.6. The molecule has 1 aromatic rings. The van der Waals surface area contributed by atoms with Crippen LogP contribution >= 0.6 is 0 Å². The molecule has 7 heteroatoms. The van der Waals surface area contributed by atoms with E-state index in [9.17, 15) is 9.59 Å². The van der Waals surface area contributed by atoms with E-state index in [0.717, 1.165) is 44.0 Å². The summed E-state index contributed by atoms with van der Waals surface area (Å²) < 4.78 is 5.36. The number of hydrogen-bond donors (Lipinski definition) is 2. The number of rotatable bonds is 5. The molecule has 0 aliphatic carbocycles. The van der Waals surface area contributed by atoms with Crippen LogP contribution in [0, 0.1) is 0 Å². The quantitative estimate of drug-likeness (QED) is 0.791. The lowest BCUT2D eigenvalue weighted by Crippen LogP contribution is -2.47. The molecule has 0 radical (unpaired) electrons. The number of nitrogens with one attached hydrogen (secondary N) is 2. The Kier molecular flexibility index (Phi) is 6.60. The highest BCUT2D eigenvalue weighted by molar-refractivity contribution is 5.91. The van der Waals surface area contributed by atoms with Crippen LogP contribution in [0.2, 0.25) is 0 Å². The lowest BCUT2D eigenvalue weighted by Gasteiger charge is -2.32. The Balaban J connectivity index is 1.45. The molecule has 26 heavy (non-hydrogen) atoms. The van der Waals surface area contributed by atoms with Gasteiger partial charge in [0.15, 0.2) is 0 Å². The molecule has 1 unspecified atom stereocenters. The predicted molar refractivity (Wildman–Crippen MR) is 100 cm³/mol. The Morgan fingerprint density at radius 2 is 1.92 bits per heavy atom. The summed E-state index contributed by atoms with van der Waals surface area (Å²) in [5.41, 5.74) is 1.72. The molecule has 2 aliphatic heterocycles. The molecule has 1 atom stereocenters. The maximum absolute atomic E-state index is 12.4. The highest BCUT2D eigenvalue weighted by Gasteiger charge is 2.19. The number of likely N-dealkylation sites (N-methyl/N-ethyl adjacent to an activating group) is 1. The van der Waals surface area contributed by atoms with Crippen molar-refractivity contribution in [1.29, 1.82) is 0 Å². The van der Waals surface area contributed by atoms with E-state index in [4.69, 9.17) is 4.74 Å². The fourth-order valence-corrected chi connectivity index (χ4v) is 3.23. The van der Waals surface area contributed by atoms with Crippen molar-refractivity contribution >= 4 is 17.5 Å². The van der Waals surface area contributed by atoms with Gasteiger partial charge in [0.1, 0.15) is 0 Å². The highest BCUT2D eigenvalue weighted by atomic mass is 16.5. The lowest BCUT2D eigenvalue weighted by atomic mass is 10.1. The average Bonchev–Trinajstić information content (AvgIpc) is 2.64. The van der Waals surface area contributed by atoms with E-state index >= 15 is 0 Å². The second kappa shape index (κ2) is 9.12. The number of hydrogen-bond acceptors (Lipinski definition) is 5. The Hall–Kier alpha value is -1.96. The second-order valence-corrected chi connectivity index (χ2v) is 7.04. The third-order valence-electron chi connectivity index (χ3n) is 4.88. The number of ether oxygens (including phenoxy) is 1. The number of carbonyl (C=O) groups is 2. The number of nitrogens with zero attached hydrogens (tertiary/aromatic N) is 2. The van der Waals surface area contributed by atoms with E-state index in [1.54, 1.807) is 0 Å². The van der Waals surface area contributed by atoms with Crippen molar-refractivity contribution in [3.8, 4) is 0 Å². The number of piperazine rings is 1. The van der Waals surface area contributed by atoms with Gasteiger partial charge < -0.3 is 25.2 Å². The number of amides is 2. The summed E-state index contributed by atoms with van der Waals surface area (Å²) in [5.74, 6) is 0.132. The number of anilines is 1. The third kappa shape index (κ3) is 5.52. The summed E-state index contributed by atoms with van der Waals surface area (Å²) in [7, 11) is 2.08. The van der Waals surface area contributed by atoms with Crippen LogP contribution in [0.5, 0.6) is 0 Å². The van der Waals surface area contributed by atoms with Gasteiger partial charge in [0.25, 0.3) is 0 Å². The maximum Gasteiger partial charge on any atom is 0.227 e. The fraction of sp³-hybridized carbons (Fsp3) is 0.579. The molecule has 2 saturated heterocycles. The Bertz CT molecular complexity index is 606. The molecule has 142 valence electrons. The van der Waals surface area contributed by atoms with Crippen LogP contribution in [-0.4, -0.2) is 80.6 Å². The van der Waals surface area contributed by atoms with Crippen molar-refractivity contribution in [3.05, 3.63) is 29.8 Å². The zero-order valence-corrected chi connectivity index (χ0v) is 15.4. The lowest BCUT2D eigenvalue weighted by molar-refractivity contribution is -0.132. The van der Waals surface area contributed by atoms with Crippen LogP contribution < -0.4 is 10.6 Å². The van der Waals surface area contributed by atoms with E-state index < -0.39 is 0 Å². The number of carbonyl (C=O) groups excluding carboxylic acids is 2. The van der Waals surface area contributed by atoms with E-state index in [1.807, 2.05) is 29.2 Å². The molecular formula is C19H28N4O3. The Morgan fingerprint density at radius 1 is 1.19 bits per heavy atom. The monoisotopic (exact) mass is 360 g/mol. The van der Waals surface area contributed by atoms with Gasteiger partial charge in [0.05, 0.1) is 19.6 Å². The Labute approximate surface area is 154 Å².